The highest BCUT2D eigenvalue weighted by molar-refractivity contribution is 5.88. The number of urea groups is 1. The van der Waals surface area contributed by atoms with Gasteiger partial charge < -0.3 is 10.6 Å². The van der Waals surface area contributed by atoms with Crippen molar-refractivity contribution in [3.05, 3.63) is 77.4 Å². The van der Waals surface area contributed by atoms with Gasteiger partial charge in [-0.15, -0.1) is 0 Å². The molecule has 100 valence electrons. The zero-order chi connectivity index (χ0) is 13.9. The molecule has 0 fully saturated rings. The highest BCUT2D eigenvalue weighted by Gasteiger charge is 2.20. The van der Waals surface area contributed by atoms with Crippen LogP contribution in [0.25, 0.3) is 5.70 Å². The third-order valence-corrected chi connectivity index (χ3v) is 3.39. The topological polar surface area (TPSA) is 41.1 Å². The summed E-state index contributed by atoms with van der Waals surface area (Å²) in [6.45, 7) is 2.05. The van der Waals surface area contributed by atoms with Gasteiger partial charge in [0.2, 0.25) is 0 Å². The van der Waals surface area contributed by atoms with Crippen LogP contribution in [0.1, 0.15) is 22.7 Å². The van der Waals surface area contributed by atoms with Crippen LogP contribution in [0, 0.1) is 6.92 Å². The summed E-state index contributed by atoms with van der Waals surface area (Å²) in [5.41, 5.74) is 4.15. The molecule has 20 heavy (non-hydrogen) atoms. The van der Waals surface area contributed by atoms with E-state index in [4.69, 9.17) is 0 Å². The maximum Gasteiger partial charge on any atom is 0.319 e. The molecule has 3 heteroatoms. The predicted molar refractivity (Wildman–Crippen MR) is 80.0 cm³/mol. The molecule has 0 aliphatic carbocycles. The predicted octanol–water partition coefficient (Wildman–Crippen LogP) is 3.39. The summed E-state index contributed by atoms with van der Waals surface area (Å²) < 4.78 is 0. The second-order valence-electron chi connectivity index (χ2n) is 4.93. The average molecular weight is 264 g/mol. The number of amides is 2. The van der Waals surface area contributed by atoms with Crippen molar-refractivity contribution >= 4 is 11.7 Å². The Morgan fingerprint density at radius 1 is 0.950 bits per heavy atom. The monoisotopic (exact) mass is 264 g/mol. The van der Waals surface area contributed by atoms with Gasteiger partial charge in [0.1, 0.15) is 0 Å². The molecule has 3 nitrogen and oxygen atoms in total. The lowest BCUT2D eigenvalue weighted by Crippen LogP contribution is -2.40. The van der Waals surface area contributed by atoms with E-state index >= 15 is 0 Å². The lowest BCUT2D eigenvalue weighted by atomic mass is 10.0. The van der Waals surface area contributed by atoms with E-state index in [1.165, 1.54) is 5.56 Å². The number of carbonyl (C=O) groups excluding carboxylic acids is 1. The molecular weight excluding hydrogens is 248 g/mol. The number of hydrogen-bond donors (Lipinski definition) is 2. The Morgan fingerprint density at radius 2 is 1.65 bits per heavy atom. The summed E-state index contributed by atoms with van der Waals surface area (Å²) in [5, 5.41) is 5.78. The fourth-order valence-corrected chi connectivity index (χ4v) is 2.29. The van der Waals surface area contributed by atoms with Gasteiger partial charge in [-0.2, -0.15) is 0 Å². The number of hydrogen-bond acceptors (Lipinski definition) is 1. The van der Waals surface area contributed by atoms with Crippen molar-refractivity contribution in [1.82, 2.24) is 10.6 Å². The molecule has 0 saturated heterocycles. The van der Waals surface area contributed by atoms with Gasteiger partial charge in [-0.1, -0.05) is 60.2 Å². The van der Waals surface area contributed by atoms with Gasteiger partial charge in [0.05, 0.1) is 6.04 Å². The molecule has 2 amide bonds. The van der Waals surface area contributed by atoms with Gasteiger partial charge in [0.25, 0.3) is 0 Å². The van der Waals surface area contributed by atoms with Gasteiger partial charge in [-0.25, -0.2) is 4.79 Å². The van der Waals surface area contributed by atoms with Crippen molar-refractivity contribution in [3.63, 3.8) is 0 Å². The standard InChI is InChI=1S/C17H16N2O/c1-12-7-9-14(10-8-12)16-11-15(18-17(20)19-16)13-5-3-2-4-6-13/h2-11,16H,1H3,(H2,18,19,20). The summed E-state index contributed by atoms with van der Waals surface area (Å²) in [4.78, 5) is 11.8. The minimum atomic E-state index is -0.170. The molecule has 2 aromatic carbocycles. The fourth-order valence-electron chi connectivity index (χ4n) is 2.29. The van der Waals surface area contributed by atoms with Crippen LogP contribution in [0.3, 0.4) is 0 Å². The molecule has 1 aliphatic heterocycles. The van der Waals surface area contributed by atoms with Crippen LogP contribution in [-0.2, 0) is 0 Å². The van der Waals surface area contributed by atoms with E-state index in [1.54, 1.807) is 0 Å². The van der Waals surface area contributed by atoms with E-state index in [2.05, 4.69) is 29.7 Å². The second kappa shape index (κ2) is 5.21. The number of nitrogens with one attached hydrogen (secondary N) is 2. The number of rotatable bonds is 2. The summed E-state index contributed by atoms with van der Waals surface area (Å²) in [6, 6.07) is 17.8. The van der Waals surface area contributed by atoms with E-state index in [-0.39, 0.29) is 12.1 Å². The molecule has 1 unspecified atom stereocenters. The molecule has 2 N–H and O–H groups in total. The van der Waals surface area contributed by atoms with Crippen molar-refractivity contribution < 1.29 is 4.79 Å². The number of aryl methyl sites for hydroxylation is 1. The van der Waals surface area contributed by atoms with E-state index in [9.17, 15) is 4.79 Å². The van der Waals surface area contributed by atoms with Crippen molar-refractivity contribution in [2.75, 3.05) is 0 Å². The van der Waals surface area contributed by atoms with Crippen molar-refractivity contribution in [1.29, 1.82) is 0 Å². The van der Waals surface area contributed by atoms with E-state index in [1.807, 2.05) is 48.5 Å². The fraction of sp³-hybridized carbons (Fsp3) is 0.118. The minimum absolute atomic E-state index is 0.0976. The minimum Gasteiger partial charge on any atom is -0.327 e. The first-order valence-corrected chi connectivity index (χ1v) is 6.64. The Bertz CT molecular complexity index is 644. The van der Waals surface area contributed by atoms with Gasteiger partial charge in [0.15, 0.2) is 0 Å². The lowest BCUT2D eigenvalue weighted by Gasteiger charge is -2.24. The first kappa shape index (κ1) is 12.5. The first-order valence-electron chi connectivity index (χ1n) is 6.64. The molecule has 0 saturated carbocycles. The van der Waals surface area contributed by atoms with Crippen molar-refractivity contribution in [2.24, 2.45) is 0 Å². The van der Waals surface area contributed by atoms with Crippen LogP contribution in [-0.4, -0.2) is 6.03 Å². The van der Waals surface area contributed by atoms with Crippen molar-refractivity contribution in [3.8, 4) is 0 Å². The summed E-state index contributed by atoms with van der Waals surface area (Å²) in [6.07, 6.45) is 2.04. The van der Waals surface area contributed by atoms with Gasteiger partial charge >= 0.3 is 6.03 Å². The Morgan fingerprint density at radius 3 is 2.35 bits per heavy atom. The Hall–Kier alpha value is -2.55. The molecule has 1 atom stereocenters. The van der Waals surface area contributed by atoms with E-state index in [0.717, 1.165) is 16.8 Å². The molecule has 0 radical (unpaired) electrons. The normalized spacial score (nSPS) is 17.9. The maximum absolute atomic E-state index is 11.8. The largest absolute Gasteiger partial charge is 0.327 e. The first-order chi connectivity index (χ1) is 9.72. The third-order valence-electron chi connectivity index (χ3n) is 3.39. The molecule has 1 heterocycles. The van der Waals surface area contributed by atoms with Crippen molar-refractivity contribution in [2.45, 2.75) is 13.0 Å². The summed E-state index contributed by atoms with van der Waals surface area (Å²) in [5.74, 6) is 0. The Labute approximate surface area is 118 Å². The number of benzene rings is 2. The molecule has 3 rings (SSSR count). The number of carbonyl (C=O) groups is 1. The molecule has 1 aliphatic rings. The Kier molecular flexibility index (Phi) is 3.25. The quantitative estimate of drug-likeness (QED) is 0.857. The molecule has 2 aromatic rings. The molecular formula is C17H16N2O. The second-order valence-corrected chi connectivity index (χ2v) is 4.93. The zero-order valence-corrected chi connectivity index (χ0v) is 11.3. The van der Waals surface area contributed by atoms with Crippen LogP contribution in [0.4, 0.5) is 4.79 Å². The zero-order valence-electron chi connectivity index (χ0n) is 11.3. The van der Waals surface area contributed by atoms with Crippen LogP contribution in [0.15, 0.2) is 60.7 Å². The van der Waals surface area contributed by atoms with Crippen LogP contribution in [0.5, 0.6) is 0 Å². The molecule has 0 bridgehead atoms. The molecule has 0 spiro atoms. The van der Waals surface area contributed by atoms with Crippen LogP contribution >= 0.6 is 0 Å². The third kappa shape index (κ3) is 2.57. The Balaban J connectivity index is 1.95. The summed E-state index contributed by atoms with van der Waals surface area (Å²) in [7, 11) is 0. The molecule has 0 aromatic heterocycles. The SMILES string of the molecule is Cc1ccc(C2C=C(c3ccccc3)NC(=O)N2)cc1. The van der Waals surface area contributed by atoms with E-state index in [0.29, 0.717) is 0 Å². The highest BCUT2D eigenvalue weighted by atomic mass is 16.2. The van der Waals surface area contributed by atoms with Gasteiger partial charge in [-0.3, -0.25) is 0 Å². The average Bonchev–Trinajstić information content (AvgIpc) is 2.48. The van der Waals surface area contributed by atoms with Crippen LogP contribution in [0.2, 0.25) is 0 Å². The van der Waals surface area contributed by atoms with Crippen LogP contribution < -0.4 is 10.6 Å². The van der Waals surface area contributed by atoms with Gasteiger partial charge in [-0.05, 0) is 24.1 Å². The van der Waals surface area contributed by atoms with E-state index < -0.39 is 0 Å². The smallest absolute Gasteiger partial charge is 0.319 e. The maximum atomic E-state index is 11.8. The lowest BCUT2D eigenvalue weighted by molar-refractivity contribution is 0.241. The van der Waals surface area contributed by atoms with Gasteiger partial charge in [0, 0.05) is 5.70 Å². The highest BCUT2D eigenvalue weighted by Crippen LogP contribution is 2.23. The summed E-state index contributed by atoms with van der Waals surface area (Å²) >= 11 is 0.